The number of ether oxygens (including phenoxy) is 4. The van der Waals surface area contributed by atoms with Gasteiger partial charge in [0.05, 0.1) is 35.6 Å². The lowest BCUT2D eigenvalue weighted by atomic mass is 10.1. The van der Waals surface area contributed by atoms with Gasteiger partial charge in [0.25, 0.3) is 0 Å². The van der Waals surface area contributed by atoms with Crippen LogP contribution in [0.2, 0.25) is 0 Å². The van der Waals surface area contributed by atoms with Crippen LogP contribution in [0.1, 0.15) is 163 Å². The Labute approximate surface area is 335 Å². The van der Waals surface area contributed by atoms with E-state index in [1.165, 1.54) is 64.2 Å². The van der Waals surface area contributed by atoms with E-state index in [1.807, 2.05) is 12.1 Å². The molecule has 0 fully saturated rings. The van der Waals surface area contributed by atoms with Gasteiger partial charge in [0, 0.05) is 11.1 Å². The number of halogens is 1. The Morgan fingerprint density at radius 1 is 0.434 bits per heavy atom. The Hall–Kier alpha value is -3.26. The highest BCUT2D eigenvalue weighted by Crippen LogP contribution is 2.33. The molecule has 0 amide bonds. The zero-order valence-corrected chi connectivity index (χ0v) is 35.2. The van der Waals surface area contributed by atoms with E-state index >= 15 is 0 Å². The number of aldehydes is 1. The van der Waals surface area contributed by atoms with Gasteiger partial charge in [-0.15, -0.1) is 0 Å². The van der Waals surface area contributed by atoms with Gasteiger partial charge in [-0.3, -0.25) is 4.79 Å². The molecule has 0 radical (unpaired) electrons. The number of carbonyl (C=O) groups is 1. The van der Waals surface area contributed by atoms with Gasteiger partial charge < -0.3 is 18.9 Å². The summed E-state index contributed by atoms with van der Waals surface area (Å²) in [5.74, 6) is 3.13. The largest absolute Gasteiger partial charge is 0.493 e. The Kier molecular flexibility index (Phi) is 22.8. The molecule has 3 aromatic rings. The van der Waals surface area contributed by atoms with Crippen molar-refractivity contribution in [1.82, 2.24) is 0 Å². The summed E-state index contributed by atoms with van der Waals surface area (Å²) in [4.78, 5) is 12.0. The van der Waals surface area contributed by atoms with E-state index in [0.29, 0.717) is 36.9 Å². The monoisotopic (exact) mass is 836 g/mol. The van der Waals surface area contributed by atoms with Crippen molar-refractivity contribution in [1.29, 1.82) is 0 Å². The van der Waals surface area contributed by atoms with Crippen LogP contribution in [0.15, 0.2) is 48.5 Å². The number of carbonyl (C=O) groups excluding carboxylic acids is 1. The Bertz CT molecular complexity index is 1510. The summed E-state index contributed by atoms with van der Waals surface area (Å²) in [5.41, 5.74) is 4.63. The fourth-order valence-corrected chi connectivity index (χ4v) is 6.51. The van der Waals surface area contributed by atoms with Crippen LogP contribution >= 0.6 is 22.6 Å². The van der Waals surface area contributed by atoms with Crippen LogP contribution in [0.4, 0.5) is 0 Å². The predicted molar refractivity (Wildman–Crippen MR) is 234 cm³/mol. The zero-order valence-electron chi connectivity index (χ0n) is 33.1. The summed E-state index contributed by atoms with van der Waals surface area (Å²) in [7, 11) is 0. The minimum Gasteiger partial charge on any atom is -0.493 e. The molecule has 290 valence electrons. The molecule has 0 N–H and O–H groups in total. The average Bonchev–Trinajstić information content (AvgIpc) is 3.17. The first-order chi connectivity index (χ1) is 26.0. The number of rotatable bonds is 29. The van der Waals surface area contributed by atoms with Crippen molar-refractivity contribution < 1.29 is 23.7 Å². The number of unbranched alkanes of at least 4 members (excludes halogenated alkanes) is 12. The number of hydrogen-bond acceptors (Lipinski definition) is 5. The van der Waals surface area contributed by atoms with E-state index < -0.39 is 0 Å². The van der Waals surface area contributed by atoms with E-state index in [-0.39, 0.29) is 0 Å². The molecule has 0 unspecified atom stereocenters. The van der Waals surface area contributed by atoms with E-state index in [0.717, 1.165) is 88.7 Å². The molecule has 0 atom stereocenters. The molecule has 0 bridgehead atoms. The highest BCUT2D eigenvalue weighted by molar-refractivity contribution is 14.1. The molecule has 3 rings (SSSR count). The Morgan fingerprint density at radius 3 is 1.17 bits per heavy atom. The lowest BCUT2D eigenvalue weighted by Gasteiger charge is -2.14. The molecule has 53 heavy (non-hydrogen) atoms. The van der Waals surface area contributed by atoms with E-state index in [4.69, 9.17) is 18.9 Å². The second-order valence-corrected chi connectivity index (χ2v) is 15.0. The molecule has 0 aliphatic carbocycles. The van der Waals surface area contributed by atoms with Crippen LogP contribution in [-0.2, 0) is 0 Å². The quantitative estimate of drug-likeness (QED) is 0.0302. The third-order valence-corrected chi connectivity index (χ3v) is 10.0. The lowest BCUT2D eigenvalue weighted by molar-refractivity contribution is 0.111. The zero-order chi connectivity index (χ0) is 37.9. The topological polar surface area (TPSA) is 54.0 Å². The molecule has 0 aromatic heterocycles. The molecule has 0 aliphatic rings. The van der Waals surface area contributed by atoms with Gasteiger partial charge in [-0.05, 0) is 83.7 Å². The van der Waals surface area contributed by atoms with Gasteiger partial charge in [0.15, 0.2) is 6.29 Å². The van der Waals surface area contributed by atoms with Crippen molar-refractivity contribution in [2.75, 3.05) is 26.4 Å². The van der Waals surface area contributed by atoms with E-state index in [9.17, 15) is 4.79 Å². The normalized spacial score (nSPS) is 11.4. The van der Waals surface area contributed by atoms with Crippen molar-refractivity contribution in [3.8, 4) is 23.0 Å². The average molecular weight is 837 g/mol. The second-order valence-electron chi connectivity index (χ2n) is 13.8. The van der Waals surface area contributed by atoms with Crippen molar-refractivity contribution >= 4 is 53.2 Å². The summed E-state index contributed by atoms with van der Waals surface area (Å²) in [6.07, 6.45) is 27.6. The molecule has 0 aliphatic heterocycles. The highest BCUT2D eigenvalue weighted by atomic mass is 127. The third kappa shape index (κ3) is 17.2. The smallest absolute Gasteiger partial charge is 0.153 e. The van der Waals surface area contributed by atoms with E-state index in [1.54, 1.807) is 0 Å². The third-order valence-electron chi connectivity index (χ3n) is 9.20. The van der Waals surface area contributed by atoms with Gasteiger partial charge in [0.1, 0.15) is 23.0 Å². The fraction of sp³-hybridized carbons (Fsp3) is 0.511. The number of benzene rings is 3. The standard InChI is InChI=1S/C47H65IO5/c1-5-9-13-17-29-50-44-35-42(37-49)45(51-30-18-14-10-6-2)33-40(44)27-25-38-21-23-39(24-22-38)26-28-41-34-47(53-32-20-16-12-8-4)43(48)36-46(41)52-31-19-15-11-7-3/h21-28,33-37H,5-20,29-32H2,1-4H3/b27-25+,28-26+. The Balaban J connectivity index is 1.78. The Morgan fingerprint density at radius 2 is 0.774 bits per heavy atom. The van der Waals surface area contributed by atoms with Crippen LogP contribution in [-0.4, -0.2) is 32.7 Å². The minimum atomic E-state index is 0.529. The molecule has 0 spiro atoms. The first kappa shape index (κ1) is 44.1. The van der Waals surface area contributed by atoms with Crippen LogP contribution in [0.5, 0.6) is 23.0 Å². The SMILES string of the molecule is CCCCCCOc1cc(/C=C/c2ccc(/C=C/c3cc(OCCCCCC)c(C=O)cc3OCCCCCC)cc2)c(OCCCCCC)cc1I. The van der Waals surface area contributed by atoms with Crippen molar-refractivity contribution in [3.63, 3.8) is 0 Å². The molecular weight excluding hydrogens is 771 g/mol. The molecule has 6 heteroatoms. The summed E-state index contributed by atoms with van der Waals surface area (Å²) >= 11 is 2.36. The van der Waals surface area contributed by atoms with Crippen LogP contribution in [0.25, 0.3) is 24.3 Å². The molecule has 0 saturated carbocycles. The minimum absolute atomic E-state index is 0.529. The van der Waals surface area contributed by atoms with Crippen LogP contribution in [0.3, 0.4) is 0 Å². The lowest BCUT2D eigenvalue weighted by Crippen LogP contribution is -2.03. The van der Waals surface area contributed by atoms with Gasteiger partial charge in [-0.2, -0.15) is 0 Å². The van der Waals surface area contributed by atoms with Gasteiger partial charge in [-0.1, -0.05) is 153 Å². The summed E-state index contributed by atoms with van der Waals surface area (Å²) in [5, 5.41) is 0. The molecule has 0 heterocycles. The first-order valence-corrected chi connectivity index (χ1v) is 21.5. The molecule has 3 aromatic carbocycles. The van der Waals surface area contributed by atoms with Gasteiger partial charge >= 0.3 is 0 Å². The molecule has 0 saturated heterocycles. The molecule has 5 nitrogen and oxygen atoms in total. The summed E-state index contributed by atoms with van der Waals surface area (Å²) in [6.45, 7) is 11.5. The fourth-order valence-electron chi connectivity index (χ4n) is 5.91. The van der Waals surface area contributed by atoms with Gasteiger partial charge in [-0.25, -0.2) is 0 Å². The van der Waals surface area contributed by atoms with Crippen LogP contribution in [0, 0.1) is 3.57 Å². The summed E-state index contributed by atoms with van der Waals surface area (Å²) < 4.78 is 26.0. The van der Waals surface area contributed by atoms with Gasteiger partial charge in [0.2, 0.25) is 0 Å². The predicted octanol–water partition coefficient (Wildman–Crippen LogP) is 14.3. The van der Waals surface area contributed by atoms with Crippen molar-refractivity contribution in [2.24, 2.45) is 0 Å². The van der Waals surface area contributed by atoms with Crippen molar-refractivity contribution in [3.05, 3.63) is 79.9 Å². The first-order valence-electron chi connectivity index (χ1n) is 20.5. The second kappa shape index (κ2) is 27.3. The maximum absolute atomic E-state index is 12.0. The summed E-state index contributed by atoms with van der Waals surface area (Å²) in [6, 6.07) is 16.5. The molecular formula is C47H65IO5. The maximum Gasteiger partial charge on any atom is 0.153 e. The highest BCUT2D eigenvalue weighted by Gasteiger charge is 2.12. The van der Waals surface area contributed by atoms with Crippen molar-refractivity contribution in [2.45, 2.75) is 130 Å². The van der Waals surface area contributed by atoms with Crippen LogP contribution < -0.4 is 18.9 Å². The van der Waals surface area contributed by atoms with E-state index in [2.05, 4.69) is 111 Å². The number of hydrogen-bond donors (Lipinski definition) is 0. The maximum atomic E-state index is 12.0.